The van der Waals surface area contributed by atoms with Gasteiger partial charge in [-0.05, 0) is 36.5 Å². The predicted molar refractivity (Wildman–Crippen MR) is 125 cm³/mol. The number of hydrogen-bond donors (Lipinski definition) is 3. The van der Waals surface area contributed by atoms with Crippen molar-refractivity contribution < 1.29 is 9.53 Å². The van der Waals surface area contributed by atoms with Gasteiger partial charge >= 0.3 is 0 Å². The molecule has 0 aliphatic heterocycles. The first-order chi connectivity index (χ1) is 15.6. The van der Waals surface area contributed by atoms with E-state index in [0.717, 1.165) is 30.5 Å². The molecule has 1 fully saturated rings. The Hall–Kier alpha value is -3.29. The third-order valence-electron chi connectivity index (χ3n) is 5.79. The van der Waals surface area contributed by atoms with Gasteiger partial charge < -0.3 is 21.1 Å². The fraction of sp³-hybridized carbons (Fsp3) is 0.320. The summed E-state index contributed by atoms with van der Waals surface area (Å²) >= 11 is 0. The number of benzene rings is 2. The van der Waals surface area contributed by atoms with Crippen LogP contribution in [0.4, 0.5) is 5.82 Å². The van der Waals surface area contributed by atoms with Crippen molar-refractivity contribution in [1.82, 2.24) is 20.6 Å². The van der Waals surface area contributed by atoms with Crippen LogP contribution in [0.5, 0.6) is 0 Å². The van der Waals surface area contributed by atoms with E-state index in [2.05, 4.69) is 44.9 Å². The summed E-state index contributed by atoms with van der Waals surface area (Å²) in [7, 11) is 1.54. The third kappa shape index (κ3) is 5.30. The molecule has 1 heterocycles. The number of nitrogens with one attached hydrogen (secondary N) is 2. The largest absolute Gasteiger partial charge is 0.382 e. The number of anilines is 1. The Bertz CT molecular complexity index is 1060. The van der Waals surface area contributed by atoms with Crippen molar-refractivity contribution in [2.24, 2.45) is 0 Å². The Labute approximate surface area is 188 Å². The Morgan fingerprint density at radius 2 is 1.94 bits per heavy atom. The standard InChI is InChI=1S/C25H29N5O2/c1-27-25(31)23-24(26)29-15-21(30-23)19-10-5-9-18(13-19)14-28-20-11-6-12-22(20)32-16-17-7-3-2-4-8-17/h2-5,7-10,13,15,20,22,28H,6,11-12,14,16H2,1H3,(H2,26,29)(H,27,31)/t20-,22-/m0/s1. The molecule has 2 aromatic carbocycles. The molecule has 1 saturated carbocycles. The molecule has 0 bridgehead atoms. The van der Waals surface area contributed by atoms with E-state index in [-0.39, 0.29) is 23.5 Å². The summed E-state index contributed by atoms with van der Waals surface area (Å²) in [6, 6.07) is 18.7. The number of amides is 1. The lowest BCUT2D eigenvalue weighted by Gasteiger charge is -2.22. The topological polar surface area (TPSA) is 102 Å². The molecular weight excluding hydrogens is 402 g/mol. The maximum absolute atomic E-state index is 12.0. The van der Waals surface area contributed by atoms with Gasteiger partial charge in [0.15, 0.2) is 11.5 Å². The van der Waals surface area contributed by atoms with Gasteiger partial charge in [0.25, 0.3) is 5.91 Å². The minimum absolute atomic E-state index is 0.119. The van der Waals surface area contributed by atoms with Crippen molar-refractivity contribution in [2.75, 3.05) is 12.8 Å². The van der Waals surface area contributed by atoms with Crippen LogP contribution in [0.2, 0.25) is 0 Å². The molecule has 0 saturated heterocycles. The summed E-state index contributed by atoms with van der Waals surface area (Å²) in [5.74, 6) is -0.230. The maximum Gasteiger partial charge on any atom is 0.273 e. The zero-order valence-corrected chi connectivity index (χ0v) is 18.3. The first kappa shape index (κ1) is 21.9. The second-order valence-electron chi connectivity index (χ2n) is 8.02. The van der Waals surface area contributed by atoms with Crippen LogP contribution in [0.3, 0.4) is 0 Å². The third-order valence-corrected chi connectivity index (χ3v) is 5.79. The second kappa shape index (κ2) is 10.3. The zero-order chi connectivity index (χ0) is 22.3. The van der Waals surface area contributed by atoms with Crippen LogP contribution in [-0.2, 0) is 17.9 Å². The quantitative estimate of drug-likeness (QED) is 0.506. The monoisotopic (exact) mass is 431 g/mol. The molecule has 166 valence electrons. The van der Waals surface area contributed by atoms with E-state index in [0.29, 0.717) is 18.3 Å². The highest BCUT2D eigenvalue weighted by atomic mass is 16.5. The van der Waals surface area contributed by atoms with Crippen molar-refractivity contribution in [3.05, 3.63) is 77.6 Å². The summed E-state index contributed by atoms with van der Waals surface area (Å²) < 4.78 is 6.21. The molecule has 1 aliphatic rings. The highest BCUT2D eigenvalue weighted by Gasteiger charge is 2.27. The lowest BCUT2D eigenvalue weighted by molar-refractivity contribution is 0.0275. The van der Waals surface area contributed by atoms with Crippen molar-refractivity contribution >= 4 is 11.7 Å². The fourth-order valence-corrected chi connectivity index (χ4v) is 4.05. The Kier molecular flexibility index (Phi) is 7.09. The summed E-state index contributed by atoms with van der Waals surface area (Å²) in [4.78, 5) is 20.6. The first-order valence-electron chi connectivity index (χ1n) is 11.0. The molecule has 7 heteroatoms. The number of hydrogen-bond acceptors (Lipinski definition) is 6. The molecule has 32 heavy (non-hydrogen) atoms. The van der Waals surface area contributed by atoms with Crippen molar-refractivity contribution in [3.8, 4) is 11.3 Å². The summed E-state index contributed by atoms with van der Waals surface area (Å²) in [5, 5.41) is 6.21. The predicted octanol–water partition coefficient (Wildman–Crippen LogP) is 3.31. The molecule has 0 spiro atoms. The van der Waals surface area contributed by atoms with Gasteiger partial charge in [-0.1, -0.05) is 48.5 Å². The zero-order valence-electron chi connectivity index (χ0n) is 18.3. The average Bonchev–Trinajstić information content (AvgIpc) is 3.29. The average molecular weight is 432 g/mol. The van der Waals surface area contributed by atoms with Crippen LogP contribution in [0.1, 0.15) is 40.9 Å². The summed E-state index contributed by atoms with van der Waals surface area (Å²) in [6.45, 7) is 1.37. The Morgan fingerprint density at radius 1 is 1.12 bits per heavy atom. The molecule has 1 aliphatic carbocycles. The van der Waals surface area contributed by atoms with Gasteiger partial charge in [-0.3, -0.25) is 4.79 Å². The van der Waals surface area contributed by atoms with E-state index in [1.165, 1.54) is 12.0 Å². The van der Waals surface area contributed by atoms with Crippen LogP contribution in [0, 0.1) is 0 Å². The smallest absolute Gasteiger partial charge is 0.273 e. The minimum Gasteiger partial charge on any atom is -0.382 e. The number of nitrogen functional groups attached to an aromatic ring is 1. The number of carbonyl (C=O) groups excluding carboxylic acids is 1. The molecule has 0 radical (unpaired) electrons. The molecule has 0 unspecified atom stereocenters. The Morgan fingerprint density at radius 3 is 2.75 bits per heavy atom. The van der Waals surface area contributed by atoms with Gasteiger partial charge in [0, 0.05) is 25.2 Å². The van der Waals surface area contributed by atoms with E-state index in [4.69, 9.17) is 10.5 Å². The van der Waals surface area contributed by atoms with Crippen molar-refractivity contribution in [1.29, 1.82) is 0 Å². The number of rotatable bonds is 8. The lowest BCUT2D eigenvalue weighted by Crippen LogP contribution is -2.36. The normalized spacial score (nSPS) is 17.9. The summed E-state index contributed by atoms with van der Waals surface area (Å²) in [6.07, 6.45) is 5.17. The van der Waals surface area contributed by atoms with E-state index in [1.807, 2.05) is 30.3 Å². The van der Waals surface area contributed by atoms with Crippen LogP contribution in [-0.4, -0.2) is 35.1 Å². The van der Waals surface area contributed by atoms with Gasteiger partial charge in [0.05, 0.1) is 24.6 Å². The van der Waals surface area contributed by atoms with E-state index in [1.54, 1.807) is 13.2 Å². The van der Waals surface area contributed by atoms with Crippen LogP contribution >= 0.6 is 0 Å². The SMILES string of the molecule is CNC(=O)c1nc(-c2cccc(CN[C@H]3CCC[C@@H]3OCc3ccccc3)c2)cnc1N. The number of nitrogens with two attached hydrogens (primary N) is 1. The molecule has 7 nitrogen and oxygen atoms in total. The second-order valence-corrected chi connectivity index (χ2v) is 8.02. The van der Waals surface area contributed by atoms with Crippen molar-refractivity contribution in [3.63, 3.8) is 0 Å². The first-order valence-corrected chi connectivity index (χ1v) is 11.0. The number of nitrogens with zero attached hydrogens (tertiary/aromatic N) is 2. The van der Waals surface area contributed by atoms with Crippen LogP contribution in [0.15, 0.2) is 60.8 Å². The number of aromatic nitrogens is 2. The van der Waals surface area contributed by atoms with E-state index in [9.17, 15) is 4.79 Å². The molecule has 1 amide bonds. The van der Waals surface area contributed by atoms with Gasteiger partial charge in [-0.15, -0.1) is 0 Å². The maximum atomic E-state index is 12.0. The Balaban J connectivity index is 1.39. The van der Waals surface area contributed by atoms with Gasteiger partial charge in [0.1, 0.15) is 0 Å². The molecule has 4 N–H and O–H groups in total. The van der Waals surface area contributed by atoms with Crippen molar-refractivity contribution in [2.45, 2.75) is 44.6 Å². The lowest BCUT2D eigenvalue weighted by atomic mass is 10.1. The van der Waals surface area contributed by atoms with E-state index >= 15 is 0 Å². The fourth-order valence-electron chi connectivity index (χ4n) is 4.05. The number of ether oxygens (including phenoxy) is 1. The highest BCUT2D eigenvalue weighted by molar-refractivity contribution is 5.96. The van der Waals surface area contributed by atoms with Gasteiger partial charge in [-0.25, -0.2) is 9.97 Å². The number of carbonyl (C=O) groups is 1. The summed E-state index contributed by atoms with van der Waals surface area (Å²) in [5.41, 5.74) is 9.79. The van der Waals surface area contributed by atoms with Gasteiger partial charge in [-0.2, -0.15) is 0 Å². The molecule has 2 atom stereocenters. The highest BCUT2D eigenvalue weighted by Crippen LogP contribution is 2.24. The molecule has 4 rings (SSSR count). The van der Waals surface area contributed by atoms with Crippen LogP contribution in [0.25, 0.3) is 11.3 Å². The molecular formula is C25H29N5O2. The van der Waals surface area contributed by atoms with Crippen LogP contribution < -0.4 is 16.4 Å². The molecule has 1 aromatic heterocycles. The van der Waals surface area contributed by atoms with Gasteiger partial charge in [0.2, 0.25) is 0 Å². The molecule has 3 aromatic rings. The van der Waals surface area contributed by atoms with E-state index < -0.39 is 0 Å². The minimum atomic E-state index is -0.350.